The molecular formula is C17H29NO3. The van der Waals surface area contributed by atoms with E-state index in [0.29, 0.717) is 12.8 Å². The summed E-state index contributed by atoms with van der Waals surface area (Å²) in [6.07, 6.45) is 6.92. The average Bonchev–Trinajstić information content (AvgIpc) is 2.62. The summed E-state index contributed by atoms with van der Waals surface area (Å²) < 4.78 is 0. The van der Waals surface area contributed by atoms with Crippen LogP contribution in [-0.4, -0.2) is 23.0 Å². The highest BCUT2D eigenvalue weighted by molar-refractivity contribution is 5.87. The number of carboxylic acids is 1. The molecule has 4 nitrogen and oxygen atoms in total. The van der Waals surface area contributed by atoms with E-state index in [1.54, 1.807) is 6.92 Å². The van der Waals surface area contributed by atoms with Crippen molar-refractivity contribution in [2.75, 3.05) is 0 Å². The molecule has 0 radical (unpaired) electrons. The summed E-state index contributed by atoms with van der Waals surface area (Å²) in [5.74, 6) is -0.744. The van der Waals surface area contributed by atoms with Gasteiger partial charge < -0.3 is 10.4 Å². The van der Waals surface area contributed by atoms with Crippen molar-refractivity contribution >= 4 is 11.9 Å². The van der Waals surface area contributed by atoms with Gasteiger partial charge in [0.05, 0.1) is 10.8 Å². The summed E-state index contributed by atoms with van der Waals surface area (Å²) in [6, 6.07) is 0.274. The Labute approximate surface area is 127 Å². The van der Waals surface area contributed by atoms with Crippen LogP contribution in [0.3, 0.4) is 0 Å². The highest BCUT2D eigenvalue weighted by Crippen LogP contribution is 2.62. The first-order chi connectivity index (χ1) is 9.65. The third-order valence-electron chi connectivity index (χ3n) is 6.80. The molecule has 0 bridgehead atoms. The van der Waals surface area contributed by atoms with E-state index < -0.39 is 22.2 Å². The lowest BCUT2D eigenvalue weighted by Crippen LogP contribution is -2.53. The van der Waals surface area contributed by atoms with Crippen molar-refractivity contribution in [2.24, 2.45) is 16.2 Å². The maximum absolute atomic E-state index is 12.9. The van der Waals surface area contributed by atoms with Crippen LogP contribution in [0, 0.1) is 16.2 Å². The highest BCUT2D eigenvalue weighted by Gasteiger charge is 2.64. The van der Waals surface area contributed by atoms with E-state index in [1.807, 2.05) is 20.8 Å². The molecule has 2 fully saturated rings. The lowest BCUT2D eigenvalue weighted by Gasteiger charge is -2.44. The lowest BCUT2D eigenvalue weighted by molar-refractivity contribution is -0.158. The van der Waals surface area contributed by atoms with Crippen LogP contribution in [-0.2, 0) is 9.59 Å². The van der Waals surface area contributed by atoms with Gasteiger partial charge in [0.25, 0.3) is 0 Å². The molecule has 2 atom stereocenters. The number of rotatable bonds is 3. The van der Waals surface area contributed by atoms with Crippen molar-refractivity contribution in [3.05, 3.63) is 0 Å². The van der Waals surface area contributed by atoms with Gasteiger partial charge in [0.2, 0.25) is 5.91 Å². The molecule has 2 aliphatic rings. The molecule has 4 heteroatoms. The Hall–Kier alpha value is -1.06. The third-order valence-corrected chi connectivity index (χ3v) is 6.80. The van der Waals surface area contributed by atoms with E-state index >= 15 is 0 Å². The molecule has 2 unspecified atom stereocenters. The molecule has 0 saturated heterocycles. The predicted octanol–water partition coefficient (Wildman–Crippen LogP) is 3.35. The maximum atomic E-state index is 12.9. The molecule has 120 valence electrons. The van der Waals surface area contributed by atoms with E-state index in [0.717, 1.165) is 12.8 Å². The second kappa shape index (κ2) is 5.29. The largest absolute Gasteiger partial charge is 0.481 e. The van der Waals surface area contributed by atoms with E-state index in [4.69, 9.17) is 0 Å². The molecule has 0 aromatic heterocycles. The minimum absolute atomic E-state index is 0.0457. The van der Waals surface area contributed by atoms with Gasteiger partial charge >= 0.3 is 5.97 Å². The van der Waals surface area contributed by atoms with Crippen molar-refractivity contribution in [3.8, 4) is 0 Å². The molecule has 2 aliphatic carbocycles. The SMILES string of the molecule is CC1(C(=O)O)CCC(C)(C(=O)NC2CCCCC2)C1(C)C. The molecule has 0 spiro atoms. The van der Waals surface area contributed by atoms with Crippen LogP contribution in [0.25, 0.3) is 0 Å². The van der Waals surface area contributed by atoms with Crippen LogP contribution >= 0.6 is 0 Å². The van der Waals surface area contributed by atoms with E-state index in [2.05, 4.69) is 5.32 Å². The summed E-state index contributed by atoms with van der Waals surface area (Å²) >= 11 is 0. The average molecular weight is 295 g/mol. The minimum atomic E-state index is -0.842. The first-order valence-corrected chi connectivity index (χ1v) is 8.19. The zero-order valence-corrected chi connectivity index (χ0v) is 13.8. The van der Waals surface area contributed by atoms with Crippen molar-refractivity contribution < 1.29 is 14.7 Å². The monoisotopic (exact) mass is 295 g/mol. The van der Waals surface area contributed by atoms with Crippen molar-refractivity contribution in [1.82, 2.24) is 5.32 Å². The molecule has 0 aromatic carbocycles. The van der Waals surface area contributed by atoms with Gasteiger partial charge in [-0.15, -0.1) is 0 Å². The lowest BCUT2D eigenvalue weighted by atomic mass is 9.59. The van der Waals surface area contributed by atoms with E-state index in [1.165, 1.54) is 19.3 Å². The van der Waals surface area contributed by atoms with E-state index in [9.17, 15) is 14.7 Å². The molecule has 2 rings (SSSR count). The number of amides is 1. The van der Waals surface area contributed by atoms with Crippen molar-refractivity contribution in [1.29, 1.82) is 0 Å². The van der Waals surface area contributed by atoms with Crippen molar-refractivity contribution in [3.63, 3.8) is 0 Å². The predicted molar refractivity (Wildman–Crippen MR) is 81.9 cm³/mol. The summed E-state index contributed by atoms with van der Waals surface area (Å²) in [5.41, 5.74) is -2.02. The number of carbonyl (C=O) groups is 2. The normalized spacial score (nSPS) is 36.4. The Kier molecular flexibility index (Phi) is 4.11. The number of aliphatic carboxylic acids is 1. The first-order valence-electron chi connectivity index (χ1n) is 8.19. The molecule has 2 saturated carbocycles. The first kappa shape index (κ1) is 16.3. The summed E-state index contributed by atoms with van der Waals surface area (Å²) in [5, 5.41) is 12.8. The standard InChI is InChI=1S/C17H29NO3/c1-15(2)16(3,10-11-17(15,4)14(20)21)13(19)18-12-8-6-5-7-9-12/h12H,5-11H2,1-4H3,(H,18,19)(H,20,21). The van der Waals surface area contributed by atoms with E-state index in [-0.39, 0.29) is 11.9 Å². The number of nitrogens with one attached hydrogen (secondary N) is 1. The number of hydrogen-bond donors (Lipinski definition) is 2. The summed E-state index contributed by atoms with van der Waals surface area (Å²) in [6.45, 7) is 7.61. The fourth-order valence-corrected chi connectivity index (χ4v) is 4.10. The highest BCUT2D eigenvalue weighted by atomic mass is 16.4. The quantitative estimate of drug-likeness (QED) is 0.839. The Morgan fingerprint density at radius 3 is 1.95 bits per heavy atom. The van der Waals surface area contributed by atoms with Gasteiger partial charge in [-0.2, -0.15) is 0 Å². The van der Waals surface area contributed by atoms with Gasteiger partial charge in [-0.05, 0) is 38.0 Å². The van der Waals surface area contributed by atoms with Crippen LogP contribution in [0.2, 0.25) is 0 Å². The van der Waals surface area contributed by atoms with Gasteiger partial charge in [0, 0.05) is 6.04 Å². The molecule has 2 N–H and O–H groups in total. The Morgan fingerprint density at radius 2 is 1.48 bits per heavy atom. The molecule has 0 aliphatic heterocycles. The maximum Gasteiger partial charge on any atom is 0.309 e. The molecule has 0 aromatic rings. The molecule has 0 heterocycles. The van der Waals surface area contributed by atoms with Gasteiger partial charge in [0.1, 0.15) is 0 Å². The zero-order valence-electron chi connectivity index (χ0n) is 13.8. The smallest absolute Gasteiger partial charge is 0.309 e. The molecule has 21 heavy (non-hydrogen) atoms. The molecular weight excluding hydrogens is 266 g/mol. The van der Waals surface area contributed by atoms with Gasteiger partial charge in [0.15, 0.2) is 0 Å². The third kappa shape index (κ3) is 2.36. The number of carbonyl (C=O) groups excluding carboxylic acids is 1. The van der Waals surface area contributed by atoms with Crippen molar-refractivity contribution in [2.45, 2.75) is 78.7 Å². The topological polar surface area (TPSA) is 66.4 Å². The number of carboxylic acid groups (broad SMARTS) is 1. The minimum Gasteiger partial charge on any atom is -0.481 e. The van der Waals surface area contributed by atoms with Crippen LogP contribution in [0.1, 0.15) is 72.6 Å². The van der Waals surface area contributed by atoms with Crippen LogP contribution in [0.15, 0.2) is 0 Å². The Balaban J connectivity index is 2.17. The van der Waals surface area contributed by atoms with Crippen LogP contribution in [0.4, 0.5) is 0 Å². The van der Waals surface area contributed by atoms with Gasteiger partial charge in [-0.25, -0.2) is 0 Å². The van der Waals surface area contributed by atoms with Gasteiger partial charge in [-0.3, -0.25) is 9.59 Å². The second-order valence-electron chi connectivity index (χ2n) is 7.90. The second-order valence-corrected chi connectivity index (χ2v) is 7.90. The Bertz CT molecular complexity index is 439. The van der Waals surface area contributed by atoms with Crippen LogP contribution in [0.5, 0.6) is 0 Å². The number of hydrogen-bond acceptors (Lipinski definition) is 2. The Morgan fingerprint density at radius 1 is 0.952 bits per heavy atom. The van der Waals surface area contributed by atoms with Gasteiger partial charge in [-0.1, -0.05) is 40.0 Å². The fraction of sp³-hybridized carbons (Fsp3) is 0.882. The van der Waals surface area contributed by atoms with Crippen LogP contribution < -0.4 is 5.32 Å². The molecule has 1 amide bonds. The summed E-state index contributed by atoms with van der Waals surface area (Å²) in [4.78, 5) is 24.6. The zero-order chi connectivity index (χ0) is 15.9. The summed E-state index contributed by atoms with van der Waals surface area (Å²) in [7, 11) is 0. The fourth-order valence-electron chi connectivity index (χ4n) is 4.10.